The summed E-state index contributed by atoms with van der Waals surface area (Å²) in [7, 11) is -3.75. The number of benzene rings is 2. The number of sulfonamides is 1. The summed E-state index contributed by atoms with van der Waals surface area (Å²) in [4.78, 5) is 13.6. The number of hydrogen-bond acceptors (Lipinski definition) is 4. The third-order valence-electron chi connectivity index (χ3n) is 7.67. The molecule has 2 unspecified atom stereocenters. The van der Waals surface area contributed by atoms with Gasteiger partial charge in [0.25, 0.3) is 0 Å². The van der Waals surface area contributed by atoms with E-state index in [-0.39, 0.29) is 28.8 Å². The first-order valence-electron chi connectivity index (χ1n) is 13.0. The predicted octanol–water partition coefficient (Wildman–Crippen LogP) is 3.80. The van der Waals surface area contributed by atoms with Crippen LogP contribution in [0.2, 0.25) is 0 Å². The summed E-state index contributed by atoms with van der Waals surface area (Å²) in [6.07, 6.45) is 4.52. The molecule has 1 aliphatic heterocycles. The number of aromatic nitrogens is 1. The van der Waals surface area contributed by atoms with E-state index in [4.69, 9.17) is 5.73 Å². The maximum Gasteiger partial charge on any atom is 0.243 e. The van der Waals surface area contributed by atoms with Gasteiger partial charge in [-0.2, -0.15) is 4.31 Å². The number of carbonyl (C=O) groups is 1. The van der Waals surface area contributed by atoms with Crippen molar-refractivity contribution in [2.45, 2.75) is 75.5 Å². The first-order chi connectivity index (χ1) is 17.5. The number of fused-ring (bicyclic) bond motifs is 2. The molecule has 5 rings (SSSR count). The normalized spacial score (nSPS) is 20.2. The van der Waals surface area contributed by atoms with E-state index in [1.807, 2.05) is 43.7 Å². The van der Waals surface area contributed by atoms with Gasteiger partial charge in [0.15, 0.2) is 0 Å². The molecule has 2 aliphatic rings. The van der Waals surface area contributed by atoms with Crippen LogP contribution < -0.4 is 11.1 Å². The quantitative estimate of drug-likeness (QED) is 0.517. The van der Waals surface area contributed by atoms with Crippen molar-refractivity contribution in [3.8, 4) is 0 Å². The zero-order valence-electron chi connectivity index (χ0n) is 21.8. The Kier molecular flexibility index (Phi) is 6.77. The Morgan fingerprint density at radius 1 is 1.08 bits per heavy atom. The first-order valence-corrected chi connectivity index (χ1v) is 14.4. The van der Waals surface area contributed by atoms with Gasteiger partial charge in [0.1, 0.15) is 0 Å². The summed E-state index contributed by atoms with van der Waals surface area (Å²) in [5, 5.41) is 3.20. The van der Waals surface area contributed by atoms with E-state index < -0.39 is 16.1 Å². The molecule has 1 aromatic heterocycles. The van der Waals surface area contributed by atoms with Gasteiger partial charge in [-0.15, -0.1) is 0 Å². The number of nitrogens with two attached hydrogens (primary N) is 1. The molecule has 2 aromatic carbocycles. The molecule has 1 aliphatic carbocycles. The molecule has 196 valence electrons. The second kappa shape index (κ2) is 9.74. The molecule has 2 atom stereocenters. The number of nitrogens with zero attached hydrogens (tertiary/aromatic N) is 2. The molecule has 0 bridgehead atoms. The van der Waals surface area contributed by atoms with Crippen molar-refractivity contribution < 1.29 is 13.2 Å². The first kappa shape index (κ1) is 25.7. The van der Waals surface area contributed by atoms with Crippen molar-refractivity contribution in [1.82, 2.24) is 14.2 Å². The van der Waals surface area contributed by atoms with Gasteiger partial charge in [-0.05, 0) is 81.0 Å². The fourth-order valence-corrected chi connectivity index (χ4v) is 7.11. The lowest BCUT2D eigenvalue weighted by atomic mass is 9.84. The van der Waals surface area contributed by atoms with Crippen LogP contribution in [0.4, 0.5) is 0 Å². The number of hydrogen-bond donors (Lipinski definition) is 2. The van der Waals surface area contributed by atoms with Crippen molar-refractivity contribution in [2.75, 3.05) is 6.54 Å². The second-order valence-corrected chi connectivity index (χ2v) is 12.9. The van der Waals surface area contributed by atoms with Crippen LogP contribution in [-0.2, 0) is 39.7 Å². The molecule has 0 saturated heterocycles. The Hall–Kier alpha value is -2.94. The number of carbonyl (C=O) groups excluding carboxylic acids is 1. The van der Waals surface area contributed by atoms with Crippen LogP contribution in [0.3, 0.4) is 0 Å². The van der Waals surface area contributed by atoms with Gasteiger partial charge in [0.2, 0.25) is 15.9 Å². The van der Waals surface area contributed by atoms with Gasteiger partial charge in [-0.3, -0.25) is 4.79 Å². The lowest BCUT2D eigenvalue weighted by molar-refractivity contribution is -0.123. The monoisotopic (exact) mass is 520 g/mol. The molecule has 2 heterocycles. The van der Waals surface area contributed by atoms with Crippen molar-refractivity contribution in [2.24, 2.45) is 5.73 Å². The smallest absolute Gasteiger partial charge is 0.243 e. The third-order valence-corrected chi connectivity index (χ3v) is 9.59. The molecule has 1 amide bonds. The summed E-state index contributed by atoms with van der Waals surface area (Å²) < 4.78 is 30.8. The van der Waals surface area contributed by atoms with E-state index in [1.165, 1.54) is 15.4 Å². The number of rotatable bonds is 6. The standard InChI is InChI=1S/C29H36N4O3S/c1-20-6-12-25(13-7-20)37(35,36)33-16-15-32-14-4-5-26(32)27(33)19-28(34)31-24-11-9-21-17-23(29(2,3)30)10-8-22(21)18-24/h4-8,10,12-14,17,24,27H,9,11,15-16,18-19,30H2,1-3H3,(H,31,34). The molecule has 3 N–H and O–H groups in total. The molecular weight excluding hydrogens is 484 g/mol. The van der Waals surface area contributed by atoms with Crippen molar-refractivity contribution in [3.63, 3.8) is 0 Å². The Labute approximate surface area is 219 Å². The van der Waals surface area contributed by atoms with Crippen molar-refractivity contribution in [3.05, 3.63) is 88.7 Å². The predicted molar refractivity (Wildman–Crippen MR) is 144 cm³/mol. The van der Waals surface area contributed by atoms with Gasteiger partial charge >= 0.3 is 0 Å². The van der Waals surface area contributed by atoms with E-state index in [0.717, 1.165) is 36.1 Å². The SMILES string of the molecule is Cc1ccc(S(=O)(=O)N2CCn3cccc3C2CC(=O)NC2CCc3cc(C(C)(C)N)ccc3C2)cc1. The summed E-state index contributed by atoms with van der Waals surface area (Å²) in [6, 6.07) is 16.6. The number of nitrogens with one attached hydrogen (secondary N) is 1. The summed E-state index contributed by atoms with van der Waals surface area (Å²) >= 11 is 0. The third kappa shape index (κ3) is 5.23. The Morgan fingerprint density at radius 2 is 1.84 bits per heavy atom. The molecule has 0 saturated carbocycles. The maximum atomic E-state index is 13.6. The van der Waals surface area contributed by atoms with Crippen LogP contribution >= 0.6 is 0 Å². The average molecular weight is 521 g/mol. The highest BCUT2D eigenvalue weighted by Gasteiger charge is 2.38. The minimum Gasteiger partial charge on any atom is -0.353 e. The van der Waals surface area contributed by atoms with E-state index >= 15 is 0 Å². The average Bonchev–Trinajstić information content (AvgIpc) is 3.33. The zero-order valence-corrected chi connectivity index (χ0v) is 22.6. The lowest BCUT2D eigenvalue weighted by Gasteiger charge is -2.36. The Morgan fingerprint density at radius 3 is 2.57 bits per heavy atom. The summed E-state index contributed by atoms with van der Waals surface area (Å²) in [6.45, 7) is 6.83. The van der Waals surface area contributed by atoms with Gasteiger partial charge in [0.05, 0.1) is 10.9 Å². The molecule has 3 aromatic rings. The summed E-state index contributed by atoms with van der Waals surface area (Å²) in [5.41, 5.74) is 11.4. The highest BCUT2D eigenvalue weighted by molar-refractivity contribution is 7.89. The highest BCUT2D eigenvalue weighted by Crippen LogP contribution is 2.34. The topological polar surface area (TPSA) is 97.4 Å². The van der Waals surface area contributed by atoms with Crippen LogP contribution in [0, 0.1) is 6.92 Å². The van der Waals surface area contributed by atoms with E-state index in [2.05, 4.69) is 23.5 Å². The fraction of sp³-hybridized carbons (Fsp3) is 0.414. The molecular formula is C29H36N4O3S. The molecule has 7 nitrogen and oxygen atoms in total. The Bertz CT molecular complexity index is 1400. The van der Waals surface area contributed by atoms with Crippen LogP contribution in [0.25, 0.3) is 0 Å². The molecule has 37 heavy (non-hydrogen) atoms. The van der Waals surface area contributed by atoms with Crippen molar-refractivity contribution in [1.29, 1.82) is 0 Å². The van der Waals surface area contributed by atoms with Gasteiger partial charge in [-0.25, -0.2) is 8.42 Å². The van der Waals surface area contributed by atoms with E-state index in [0.29, 0.717) is 13.1 Å². The Balaban J connectivity index is 1.32. The van der Waals surface area contributed by atoms with Gasteiger partial charge in [0, 0.05) is 43.0 Å². The molecule has 8 heteroatoms. The fourth-order valence-electron chi connectivity index (χ4n) is 5.52. The second-order valence-electron chi connectivity index (χ2n) is 11.0. The van der Waals surface area contributed by atoms with Crippen LogP contribution in [0.15, 0.2) is 65.7 Å². The number of aryl methyl sites for hydroxylation is 2. The zero-order chi connectivity index (χ0) is 26.4. The minimum atomic E-state index is -3.75. The molecule has 0 spiro atoms. The largest absolute Gasteiger partial charge is 0.353 e. The lowest BCUT2D eigenvalue weighted by Crippen LogP contribution is -2.45. The van der Waals surface area contributed by atoms with Crippen LogP contribution in [0.5, 0.6) is 0 Å². The summed E-state index contributed by atoms with van der Waals surface area (Å²) in [5.74, 6) is -0.128. The van der Waals surface area contributed by atoms with Gasteiger partial charge < -0.3 is 15.6 Å². The van der Waals surface area contributed by atoms with Crippen LogP contribution in [0.1, 0.15) is 60.7 Å². The van der Waals surface area contributed by atoms with Gasteiger partial charge in [-0.1, -0.05) is 35.9 Å². The number of amides is 1. The minimum absolute atomic E-state index is 0.0225. The molecule has 0 fully saturated rings. The van der Waals surface area contributed by atoms with Crippen molar-refractivity contribution >= 4 is 15.9 Å². The molecule has 0 radical (unpaired) electrons. The van der Waals surface area contributed by atoms with Crippen LogP contribution in [-0.4, -0.2) is 35.8 Å². The van der Waals surface area contributed by atoms with E-state index in [9.17, 15) is 13.2 Å². The maximum absolute atomic E-state index is 13.6. The van der Waals surface area contributed by atoms with E-state index in [1.54, 1.807) is 24.3 Å². The highest BCUT2D eigenvalue weighted by atomic mass is 32.2.